The number of nitrogen functional groups attached to an aromatic ring is 1. The Kier molecular flexibility index (Phi) is 5.29. The van der Waals surface area contributed by atoms with Gasteiger partial charge in [0.2, 0.25) is 0 Å². The Morgan fingerprint density at radius 1 is 1.15 bits per heavy atom. The predicted molar refractivity (Wildman–Crippen MR) is 112 cm³/mol. The number of aryl methyl sites for hydroxylation is 2. The van der Waals surface area contributed by atoms with Gasteiger partial charge < -0.3 is 5.73 Å². The van der Waals surface area contributed by atoms with E-state index in [9.17, 15) is 4.79 Å². The lowest BCUT2D eigenvalue weighted by atomic mass is 10.1. The summed E-state index contributed by atoms with van der Waals surface area (Å²) in [6.45, 7) is 0. The maximum atomic E-state index is 12.4. The normalized spacial score (nSPS) is 14.2. The third-order valence-electron chi connectivity index (χ3n) is 4.57. The lowest BCUT2D eigenvalue weighted by Gasteiger charge is -2.04. The van der Waals surface area contributed by atoms with E-state index in [1.54, 1.807) is 11.3 Å². The molecule has 0 spiro atoms. The third kappa shape index (κ3) is 3.66. The fraction of sp³-hybridized carbons (Fsp3) is 0.316. The van der Waals surface area contributed by atoms with Crippen LogP contribution in [0.3, 0.4) is 0 Å². The van der Waals surface area contributed by atoms with Gasteiger partial charge in [-0.25, -0.2) is 9.97 Å². The van der Waals surface area contributed by atoms with Crippen molar-refractivity contribution in [2.75, 3.05) is 11.5 Å². The van der Waals surface area contributed by atoms with Crippen LogP contribution < -0.4 is 5.73 Å². The Morgan fingerprint density at radius 2 is 1.92 bits per heavy atom. The Labute approximate surface area is 168 Å². The SMILES string of the molecule is Nc1nc(SCC(=O)c2ccc(Br)cc2)nc2sc3c(c12)CCCCC3. The van der Waals surface area contributed by atoms with E-state index >= 15 is 0 Å². The average molecular weight is 448 g/mol. The summed E-state index contributed by atoms with van der Waals surface area (Å²) in [5.74, 6) is 0.914. The number of ketones is 1. The number of halogens is 1. The second kappa shape index (κ2) is 7.66. The summed E-state index contributed by atoms with van der Waals surface area (Å²) in [5, 5.41) is 1.62. The van der Waals surface area contributed by atoms with Crippen LogP contribution in [0.1, 0.15) is 40.1 Å². The summed E-state index contributed by atoms with van der Waals surface area (Å²) in [6, 6.07) is 7.39. The number of thioether (sulfide) groups is 1. The second-order valence-electron chi connectivity index (χ2n) is 6.35. The molecule has 2 N–H and O–H groups in total. The van der Waals surface area contributed by atoms with Crippen LogP contribution in [0.15, 0.2) is 33.9 Å². The number of carbonyl (C=O) groups excluding carboxylic acids is 1. The molecule has 1 aromatic carbocycles. The van der Waals surface area contributed by atoms with Crippen LogP contribution in [0, 0.1) is 0 Å². The zero-order chi connectivity index (χ0) is 18.1. The van der Waals surface area contributed by atoms with Gasteiger partial charge in [0, 0.05) is 14.9 Å². The molecule has 134 valence electrons. The van der Waals surface area contributed by atoms with Crippen molar-refractivity contribution < 1.29 is 4.79 Å². The Hall–Kier alpha value is -1.44. The van der Waals surface area contributed by atoms with Gasteiger partial charge >= 0.3 is 0 Å². The maximum absolute atomic E-state index is 12.4. The van der Waals surface area contributed by atoms with Crippen LogP contribution in [0.25, 0.3) is 10.2 Å². The van der Waals surface area contributed by atoms with Gasteiger partial charge in [-0.3, -0.25) is 4.79 Å². The molecule has 0 fully saturated rings. The Morgan fingerprint density at radius 3 is 2.73 bits per heavy atom. The number of benzene rings is 1. The van der Waals surface area contributed by atoms with E-state index in [2.05, 4.69) is 25.9 Å². The zero-order valence-corrected chi connectivity index (χ0v) is 17.3. The number of nitrogens with zero attached hydrogens (tertiary/aromatic N) is 2. The molecule has 3 aromatic rings. The zero-order valence-electron chi connectivity index (χ0n) is 14.1. The minimum absolute atomic E-state index is 0.0618. The van der Waals surface area contributed by atoms with Crippen LogP contribution >= 0.6 is 39.0 Å². The molecule has 0 atom stereocenters. The lowest BCUT2D eigenvalue weighted by Crippen LogP contribution is -2.04. The first-order valence-corrected chi connectivity index (χ1v) is 11.2. The summed E-state index contributed by atoms with van der Waals surface area (Å²) in [5.41, 5.74) is 8.30. The van der Waals surface area contributed by atoms with Gasteiger partial charge in [-0.1, -0.05) is 46.2 Å². The minimum atomic E-state index is 0.0618. The van der Waals surface area contributed by atoms with Gasteiger partial charge in [0.1, 0.15) is 10.6 Å². The first-order chi connectivity index (χ1) is 12.6. The molecule has 7 heteroatoms. The lowest BCUT2D eigenvalue weighted by molar-refractivity contribution is 0.102. The minimum Gasteiger partial charge on any atom is -0.383 e. The first kappa shape index (κ1) is 17.9. The molecule has 2 heterocycles. The number of aromatic nitrogens is 2. The number of hydrogen-bond donors (Lipinski definition) is 1. The van der Waals surface area contributed by atoms with E-state index < -0.39 is 0 Å². The van der Waals surface area contributed by atoms with Crippen molar-refractivity contribution in [3.63, 3.8) is 0 Å². The molecule has 0 aliphatic heterocycles. The smallest absolute Gasteiger partial charge is 0.191 e. The van der Waals surface area contributed by atoms with E-state index in [1.165, 1.54) is 41.5 Å². The number of thiophene rings is 1. The van der Waals surface area contributed by atoms with Crippen molar-refractivity contribution in [3.05, 3.63) is 44.7 Å². The van der Waals surface area contributed by atoms with Gasteiger partial charge in [0.05, 0.1) is 11.1 Å². The quantitative estimate of drug-likeness (QED) is 0.255. The van der Waals surface area contributed by atoms with Gasteiger partial charge in [-0.2, -0.15) is 0 Å². The molecule has 2 aromatic heterocycles. The van der Waals surface area contributed by atoms with Crippen LogP contribution in [-0.4, -0.2) is 21.5 Å². The molecule has 1 aliphatic rings. The number of fused-ring (bicyclic) bond motifs is 3. The van der Waals surface area contributed by atoms with Crippen LogP contribution in [-0.2, 0) is 12.8 Å². The van der Waals surface area contributed by atoms with Crippen molar-refractivity contribution in [2.45, 2.75) is 37.3 Å². The van der Waals surface area contributed by atoms with Crippen molar-refractivity contribution >= 4 is 60.8 Å². The van der Waals surface area contributed by atoms with Crippen molar-refractivity contribution in [3.8, 4) is 0 Å². The van der Waals surface area contributed by atoms with Gasteiger partial charge in [0.15, 0.2) is 10.9 Å². The number of Topliss-reactive ketones (excluding diaryl/α,β-unsaturated/α-hetero) is 1. The molecule has 1 aliphatic carbocycles. The molecule has 0 bridgehead atoms. The number of anilines is 1. The second-order valence-corrected chi connectivity index (χ2v) is 9.30. The fourth-order valence-corrected chi connectivity index (χ4v) is 5.59. The number of carbonyl (C=O) groups is 1. The molecule has 0 unspecified atom stereocenters. The summed E-state index contributed by atoms with van der Waals surface area (Å²) >= 11 is 6.47. The molecular formula is C19H18BrN3OS2. The van der Waals surface area contributed by atoms with Gasteiger partial charge in [-0.15, -0.1) is 11.3 Å². The number of nitrogens with two attached hydrogens (primary N) is 1. The highest BCUT2D eigenvalue weighted by Crippen LogP contribution is 2.38. The standard InChI is InChI=1S/C19H18BrN3OS2/c20-12-8-6-11(7-9-12)14(24)10-25-19-22-17(21)16-13-4-2-1-3-5-15(13)26-18(16)23-19/h6-9H,1-5,10H2,(H2,21,22,23). The monoisotopic (exact) mass is 447 g/mol. The maximum Gasteiger partial charge on any atom is 0.191 e. The molecule has 0 amide bonds. The number of hydrogen-bond acceptors (Lipinski definition) is 6. The molecule has 4 rings (SSSR count). The van der Waals surface area contributed by atoms with Crippen molar-refractivity contribution in [1.29, 1.82) is 0 Å². The third-order valence-corrected chi connectivity index (χ3v) is 7.13. The summed E-state index contributed by atoms with van der Waals surface area (Å²) in [7, 11) is 0. The van der Waals surface area contributed by atoms with Crippen molar-refractivity contribution in [2.24, 2.45) is 0 Å². The molecule has 0 saturated heterocycles. The molecular weight excluding hydrogens is 430 g/mol. The van der Waals surface area contributed by atoms with E-state index in [0.29, 0.717) is 22.3 Å². The van der Waals surface area contributed by atoms with E-state index in [-0.39, 0.29) is 5.78 Å². The average Bonchev–Trinajstić information content (AvgIpc) is 2.82. The topological polar surface area (TPSA) is 68.9 Å². The van der Waals surface area contributed by atoms with Crippen LogP contribution in [0.2, 0.25) is 0 Å². The van der Waals surface area contributed by atoms with Gasteiger partial charge in [0.25, 0.3) is 0 Å². The fourth-order valence-electron chi connectivity index (χ4n) is 3.26. The highest BCUT2D eigenvalue weighted by Gasteiger charge is 2.19. The van der Waals surface area contributed by atoms with Crippen molar-refractivity contribution in [1.82, 2.24) is 9.97 Å². The van der Waals surface area contributed by atoms with E-state index in [1.807, 2.05) is 24.3 Å². The Bertz CT molecular complexity index is 969. The summed E-state index contributed by atoms with van der Waals surface area (Å²) in [6.07, 6.45) is 5.89. The Balaban J connectivity index is 1.56. The van der Waals surface area contributed by atoms with Gasteiger partial charge in [-0.05, 0) is 43.4 Å². The predicted octanol–water partition coefficient (Wildman–Crippen LogP) is 5.28. The van der Waals surface area contributed by atoms with Crippen LogP contribution in [0.5, 0.6) is 0 Å². The highest BCUT2D eigenvalue weighted by atomic mass is 79.9. The van der Waals surface area contributed by atoms with Crippen LogP contribution in [0.4, 0.5) is 5.82 Å². The van der Waals surface area contributed by atoms with E-state index in [4.69, 9.17) is 5.73 Å². The molecule has 0 saturated carbocycles. The molecule has 26 heavy (non-hydrogen) atoms. The first-order valence-electron chi connectivity index (χ1n) is 8.61. The summed E-state index contributed by atoms with van der Waals surface area (Å²) < 4.78 is 0.959. The highest BCUT2D eigenvalue weighted by molar-refractivity contribution is 9.10. The molecule has 0 radical (unpaired) electrons. The van der Waals surface area contributed by atoms with E-state index in [0.717, 1.165) is 27.5 Å². The summed E-state index contributed by atoms with van der Waals surface area (Å²) in [4.78, 5) is 23.9. The molecule has 4 nitrogen and oxygen atoms in total. The largest absolute Gasteiger partial charge is 0.383 e. The number of rotatable bonds is 4.